The smallest absolute Gasteiger partial charge is 0.230 e. The maximum atomic E-state index is 13.4. The van der Waals surface area contributed by atoms with E-state index in [0.717, 1.165) is 0 Å². The Bertz CT molecular complexity index is 1140. The summed E-state index contributed by atoms with van der Waals surface area (Å²) in [4.78, 5) is 34.7. The number of hydrogen-bond acceptors (Lipinski definition) is 11. The highest BCUT2D eigenvalue weighted by Crippen LogP contribution is 2.35. The molecule has 1 aliphatic heterocycles. The lowest BCUT2D eigenvalue weighted by Crippen LogP contribution is -2.37. The number of aromatic nitrogens is 5. The molecule has 172 valence electrons. The van der Waals surface area contributed by atoms with Crippen molar-refractivity contribution in [3.63, 3.8) is 0 Å². The van der Waals surface area contributed by atoms with Gasteiger partial charge in [0.2, 0.25) is 23.6 Å². The Kier molecular flexibility index (Phi) is 6.69. The predicted octanol–water partition coefficient (Wildman–Crippen LogP) is 2.09. The molecule has 12 nitrogen and oxygen atoms in total. The lowest BCUT2D eigenvalue weighted by molar-refractivity contribution is -0.114. The van der Waals surface area contributed by atoms with Crippen LogP contribution in [0.3, 0.4) is 0 Å². The summed E-state index contributed by atoms with van der Waals surface area (Å²) < 4.78 is 24.4. The zero-order valence-electron chi connectivity index (χ0n) is 18.0. The molecule has 4 rings (SSSR count). The molecule has 3 aromatic heterocycles. The molecule has 3 N–H and O–H groups in total. The molecule has 0 aliphatic carbocycles. The van der Waals surface area contributed by atoms with Crippen molar-refractivity contribution in [3.8, 4) is 5.75 Å². The average molecular weight is 455 g/mol. The number of carbonyl (C=O) groups excluding carboxylic acids is 1. The number of hydrogen-bond donors (Lipinski definition) is 3. The topological polar surface area (TPSA) is 139 Å². The van der Waals surface area contributed by atoms with E-state index in [2.05, 4.69) is 40.9 Å². The molecule has 4 heterocycles. The first-order chi connectivity index (χ1) is 16.0. The highest BCUT2D eigenvalue weighted by atomic mass is 19.1. The number of amides is 1. The Hall–Kier alpha value is -4.13. The van der Waals surface area contributed by atoms with Crippen LogP contribution in [-0.2, 0) is 9.53 Å². The molecule has 0 spiro atoms. The molecule has 0 atom stereocenters. The maximum Gasteiger partial charge on any atom is 0.230 e. The van der Waals surface area contributed by atoms with Gasteiger partial charge in [-0.2, -0.15) is 9.37 Å². The molecule has 1 saturated heterocycles. The Morgan fingerprint density at radius 3 is 2.67 bits per heavy atom. The van der Waals surface area contributed by atoms with Gasteiger partial charge in [-0.1, -0.05) is 6.07 Å². The summed E-state index contributed by atoms with van der Waals surface area (Å²) in [6, 6.07) is 4.31. The maximum absolute atomic E-state index is 13.4. The van der Waals surface area contributed by atoms with Crippen molar-refractivity contribution in [3.05, 3.63) is 36.7 Å². The van der Waals surface area contributed by atoms with Gasteiger partial charge in [0.25, 0.3) is 0 Å². The summed E-state index contributed by atoms with van der Waals surface area (Å²) >= 11 is 0. The number of nitrogens with zero attached hydrogens (tertiary/aromatic N) is 6. The van der Waals surface area contributed by atoms with Crippen LogP contribution in [0, 0.1) is 5.95 Å². The second-order valence-electron chi connectivity index (χ2n) is 6.91. The summed E-state index contributed by atoms with van der Waals surface area (Å²) in [5, 5.41) is 8.58. The van der Waals surface area contributed by atoms with E-state index in [1.54, 1.807) is 6.07 Å². The third kappa shape index (κ3) is 5.38. The largest absolute Gasteiger partial charge is 0.490 e. The van der Waals surface area contributed by atoms with Gasteiger partial charge in [0.05, 0.1) is 26.5 Å². The van der Waals surface area contributed by atoms with E-state index in [9.17, 15) is 9.18 Å². The van der Waals surface area contributed by atoms with Gasteiger partial charge in [0, 0.05) is 20.0 Å². The van der Waals surface area contributed by atoms with Crippen LogP contribution in [0.4, 0.5) is 39.3 Å². The van der Waals surface area contributed by atoms with Crippen molar-refractivity contribution in [2.24, 2.45) is 0 Å². The van der Waals surface area contributed by atoms with Gasteiger partial charge < -0.3 is 30.3 Å². The van der Waals surface area contributed by atoms with Crippen molar-refractivity contribution < 1.29 is 18.7 Å². The van der Waals surface area contributed by atoms with Gasteiger partial charge in [-0.3, -0.25) is 4.79 Å². The van der Waals surface area contributed by atoms with Crippen molar-refractivity contribution in [1.29, 1.82) is 0 Å². The minimum atomic E-state index is -0.644. The molecule has 1 aliphatic rings. The van der Waals surface area contributed by atoms with E-state index >= 15 is 0 Å². The predicted molar refractivity (Wildman–Crippen MR) is 119 cm³/mol. The third-order valence-electron chi connectivity index (χ3n) is 4.59. The fraction of sp³-hybridized carbons (Fsp3) is 0.300. The second-order valence-corrected chi connectivity index (χ2v) is 6.91. The zero-order chi connectivity index (χ0) is 23.2. The number of halogens is 1. The van der Waals surface area contributed by atoms with Gasteiger partial charge in [-0.25, -0.2) is 19.9 Å². The number of anilines is 6. The molecule has 3 aromatic rings. The Morgan fingerprint density at radius 2 is 1.94 bits per heavy atom. The minimum Gasteiger partial charge on any atom is -0.490 e. The van der Waals surface area contributed by atoms with Gasteiger partial charge >= 0.3 is 0 Å². The second kappa shape index (κ2) is 9.99. The molecular weight excluding hydrogens is 433 g/mol. The molecular formula is C20H22FN9O3. The standard InChI is InChI=1S/C20H22FN9O3/c1-12(31)25-13-10-22-20(27-15-5-3-4-14(21)26-15)29-17(13)28-18-16(32-2)19(24-11-23-18)30-6-8-33-9-7-30/h3-5,10-11H,6-9H2,1-2H3,(H,25,31)(H2,22,23,24,26,27,28,29). The highest BCUT2D eigenvalue weighted by molar-refractivity contribution is 5.92. The van der Waals surface area contributed by atoms with E-state index in [4.69, 9.17) is 9.47 Å². The monoisotopic (exact) mass is 455 g/mol. The summed E-state index contributed by atoms with van der Waals surface area (Å²) in [6.07, 6.45) is 2.82. The van der Waals surface area contributed by atoms with Crippen LogP contribution in [-0.4, -0.2) is 64.2 Å². The summed E-state index contributed by atoms with van der Waals surface area (Å²) in [7, 11) is 1.52. The van der Waals surface area contributed by atoms with E-state index < -0.39 is 5.95 Å². The molecule has 0 aromatic carbocycles. The Morgan fingerprint density at radius 1 is 1.12 bits per heavy atom. The number of morpholine rings is 1. The Labute approximate surface area is 188 Å². The van der Waals surface area contributed by atoms with E-state index in [1.165, 1.54) is 38.7 Å². The molecule has 1 fully saturated rings. The first kappa shape index (κ1) is 22.1. The highest BCUT2D eigenvalue weighted by Gasteiger charge is 2.21. The first-order valence-electron chi connectivity index (χ1n) is 10.1. The SMILES string of the molecule is COc1c(Nc2nc(Nc3cccc(F)n3)ncc2NC(C)=O)ncnc1N1CCOCC1. The lowest BCUT2D eigenvalue weighted by Gasteiger charge is -2.29. The van der Waals surface area contributed by atoms with Crippen molar-refractivity contribution in [2.45, 2.75) is 6.92 Å². The number of rotatable bonds is 7. The molecule has 1 amide bonds. The number of methoxy groups -OCH3 is 1. The molecule has 0 radical (unpaired) electrons. The van der Waals surface area contributed by atoms with Crippen LogP contribution in [0.25, 0.3) is 0 Å². The van der Waals surface area contributed by atoms with Crippen LogP contribution in [0.1, 0.15) is 6.92 Å². The summed E-state index contributed by atoms with van der Waals surface area (Å²) in [5.74, 6) is 1.00. The fourth-order valence-electron chi connectivity index (χ4n) is 3.16. The van der Waals surface area contributed by atoms with Gasteiger partial charge in [-0.15, -0.1) is 0 Å². The summed E-state index contributed by atoms with van der Waals surface area (Å²) in [6.45, 7) is 3.85. The molecule has 0 unspecified atom stereocenters. The van der Waals surface area contributed by atoms with Crippen molar-refractivity contribution in [1.82, 2.24) is 24.9 Å². The van der Waals surface area contributed by atoms with E-state index in [0.29, 0.717) is 49.4 Å². The van der Waals surface area contributed by atoms with Gasteiger partial charge in [-0.05, 0) is 12.1 Å². The Balaban J connectivity index is 1.67. The molecule has 0 bridgehead atoms. The molecule has 0 saturated carbocycles. The van der Waals surface area contributed by atoms with Crippen LogP contribution in [0.5, 0.6) is 5.75 Å². The first-order valence-corrected chi connectivity index (χ1v) is 10.1. The van der Waals surface area contributed by atoms with Crippen LogP contribution >= 0.6 is 0 Å². The van der Waals surface area contributed by atoms with E-state index in [1.807, 2.05) is 4.90 Å². The van der Waals surface area contributed by atoms with Crippen LogP contribution in [0.15, 0.2) is 30.7 Å². The lowest BCUT2D eigenvalue weighted by atomic mass is 10.3. The minimum absolute atomic E-state index is 0.131. The van der Waals surface area contributed by atoms with Crippen molar-refractivity contribution >= 4 is 40.8 Å². The normalized spacial score (nSPS) is 13.4. The van der Waals surface area contributed by atoms with Gasteiger partial charge in [0.15, 0.2) is 17.5 Å². The zero-order valence-corrected chi connectivity index (χ0v) is 18.0. The van der Waals surface area contributed by atoms with Crippen molar-refractivity contribution in [2.75, 3.05) is 54.3 Å². The van der Waals surface area contributed by atoms with Gasteiger partial charge in [0.1, 0.15) is 17.8 Å². The molecule has 13 heteroatoms. The number of ether oxygens (including phenoxy) is 2. The number of carbonyl (C=O) groups is 1. The quantitative estimate of drug-likeness (QED) is 0.451. The fourth-order valence-corrected chi connectivity index (χ4v) is 3.16. The van der Waals surface area contributed by atoms with E-state index in [-0.39, 0.29) is 23.5 Å². The average Bonchev–Trinajstić information content (AvgIpc) is 2.81. The molecule has 33 heavy (non-hydrogen) atoms. The van der Waals surface area contributed by atoms with Crippen LogP contribution < -0.4 is 25.6 Å². The third-order valence-corrected chi connectivity index (χ3v) is 4.59. The number of nitrogens with one attached hydrogen (secondary N) is 3. The van der Waals surface area contributed by atoms with Crippen LogP contribution in [0.2, 0.25) is 0 Å². The number of pyridine rings is 1. The summed E-state index contributed by atoms with van der Waals surface area (Å²) in [5.41, 5.74) is 0.314.